The van der Waals surface area contributed by atoms with Crippen LogP contribution in [0.1, 0.15) is 16.1 Å². The van der Waals surface area contributed by atoms with Gasteiger partial charge in [0.2, 0.25) is 0 Å². The van der Waals surface area contributed by atoms with Crippen molar-refractivity contribution in [2.45, 2.75) is 6.92 Å². The predicted molar refractivity (Wildman–Crippen MR) is 63.6 cm³/mol. The van der Waals surface area contributed by atoms with Crippen LogP contribution in [0, 0.1) is 12.7 Å². The van der Waals surface area contributed by atoms with Gasteiger partial charge in [0.05, 0.1) is 0 Å². The van der Waals surface area contributed by atoms with Crippen molar-refractivity contribution in [3.05, 3.63) is 35.3 Å². The minimum atomic E-state index is -1.16. The largest absolute Gasteiger partial charge is 0.476 e. The van der Waals surface area contributed by atoms with E-state index in [1.165, 1.54) is 6.07 Å². The number of nitrogen functional groups attached to an aromatic ring is 1. The Labute approximate surface area is 101 Å². The molecule has 0 atom stereocenters. The van der Waals surface area contributed by atoms with Gasteiger partial charge in [0, 0.05) is 5.56 Å². The van der Waals surface area contributed by atoms with Crippen molar-refractivity contribution in [2.75, 3.05) is 5.73 Å². The Hall–Kier alpha value is -1.95. The molecule has 0 aliphatic rings. The number of aromatic nitrogens is 1. The quantitative estimate of drug-likeness (QED) is 0.861. The van der Waals surface area contributed by atoms with Gasteiger partial charge in [0.15, 0.2) is 5.69 Å². The number of carboxylic acid groups (broad SMARTS) is 1. The zero-order chi connectivity index (χ0) is 12.6. The molecule has 0 saturated heterocycles. The number of carboxylic acids is 1. The van der Waals surface area contributed by atoms with Crippen LogP contribution in [0.15, 0.2) is 18.2 Å². The lowest BCUT2D eigenvalue weighted by Crippen LogP contribution is -2.00. The molecule has 0 unspecified atom stereocenters. The zero-order valence-electron chi connectivity index (χ0n) is 8.90. The van der Waals surface area contributed by atoms with Crippen LogP contribution in [0.3, 0.4) is 0 Å². The van der Waals surface area contributed by atoms with Crippen LogP contribution in [0.5, 0.6) is 0 Å². The Bertz CT molecular complexity index is 595. The van der Waals surface area contributed by atoms with Gasteiger partial charge in [0.25, 0.3) is 0 Å². The molecular weight excluding hydrogens is 243 g/mol. The Morgan fingerprint density at radius 1 is 1.53 bits per heavy atom. The van der Waals surface area contributed by atoms with Gasteiger partial charge >= 0.3 is 5.97 Å². The fourth-order valence-electron chi connectivity index (χ4n) is 1.39. The zero-order valence-corrected chi connectivity index (χ0v) is 9.71. The number of hydrogen-bond donors (Lipinski definition) is 2. The number of carbonyl (C=O) groups is 1. The maximum Gasteiger partial charge on any atom is 0.357 e. The first-order valence-corrected chi connectivity index (χ1v) is 5.57. The van der Waals surface area contributed by atoms with E-state index in [1.807, 2.05) is 0 Å². The number of aromatic carboxylic acids is 1. The van der Waals surface area contributed by atoms with Crippen LogP contribution in [-0.4, -0.2) is 16.1 Å². The highest BCUT2D eigenvalue weighted by Gasteiger charge is 2.16. The van der Waals surface area contributed by atoms with Crippen molar-refractivity contribution >= 4 is 22.3 Å². The Balaban J connectivity index is 2.50. The number of rotatable bonds is 2. The fourth-order valence-corrected chi connectivity index (χ4v) is 2.21. The number of nitrogens with two attached hydrogens (primary N) is 1. The molecule has 0 radical (unpaired) electrons. The van der Waals surface area contributed by atoms with E-state index in [-0.39, 0.29) is 16.5 Å². The van der Waals surface area contributed by atoms with Gasteiger partial charge in [-0.15, -0.1) is 0 Å². The van der Waals surface area contributed by atoms with Crippen molar-refractivity contribution in [1.29, 1.82) is 0 Å². The summed E-state index contributed by atoms with van der Waals surface area (Å²) in [5.74, 6) is -1.47. The summed E-state index contributed by atoms with van der Waals surface area (Å²) >= 11 is 1.07. The monoisotopic (exact) mass is 252 g/mol. The molecule has 1 heterocycles. The molecule has 2 aromatic rings. The third-order valence-electron chi connectivity index (χ3n) is 2.26. The first-order chi connectivity index (χ1) is 7.99. The Morgan fingerprint density at radius 2 is 2.24 bits per heavy atom. The number of aryl methyl sites for hydroxylation is 1. The van der Waals surface area contributed by atoms with Gasteiger partial charge in [-0.25, -0.2) is 14.2 Å². The molecule has 1 aromatic carbocycles. The van der Waals surface area contributed by atoms with Crippen molar-refractivity contribution in [2.24, 2.45) is 0 Å². The minimum absolute atomic E-state index is 0.148. The highest BCUT2D eigenvalue weighted by atomic mass is 32.1. The Morgan fingerprint density at radius 3 is 2.76 bits per heavy atom. The summed E-state index contributed by atoms with van der Waals surface area (Å²) in [7, 11) is 0. The second kappa shape index (κ2) is 4.14. The van der Waals surface area contributed by atoms with Crippen LogP contribution in [0.4, 0.5) is 9.39 Å². The molecular formula is C11H9FN2O2S. The van der Waals surface area contributed by atoms with Crippen molar-refractivity contribution in [3.63, 3.8) is 0 Å². The first-order valence-electron chi connectivity index (χ1n) is 4.75. The molecule has 2 rings (SSSR count). The van der Waals surface area contributed by atoms with Gasteiger partial charge in [-0.1, -0.05) is 11.3 Å². The van der Waals surface area contributed by atoms with Crippen molar-refractivity contribution in [1.82, 2.24) is 4.98 Å². The normalized spacial score (nSPS) is 10.5. The highest BCUT2D eigenvalue weighted by molar-refractivity contribution is 7.19. The van der Waals surface area contributed by atoms with Crippen molar-refractivity contribution < 1.29 is 14.3 Å². The van der Waals surface area contributed by atoms with Crippen LogP contribution in [0.2, 0.25) is 0 Å². The summed E-state index contributed by atoms with van der Waals surface area (Å²) in [5, 5.41) is 9.45. The second-order valence-electron chi connectivity index (χ2n) is 3.50. The molecule has 1 aromatic heterocycles. The first kappa shape index (κ1) is 11.5. The van der Waals surface area contributed by atoms with E-state index in [4.69, 9.17) is 10.8 Å². The summed E-state index contributed by atoms with van der Waals surface area (Å²) in [4.78, 5) is 14.7. The molecule has 0 aliphatic carbocycles. The molecule has 0 bridgehead atoms. The van der Waals surface area contributed by atoms with Crippen LogP contribution in [0.25, 0.3) is 10.6 Å². The van der Waals surface area contributed by atoms with E-state index in [0.717, 1.165) is 11.3 Å². The maximum atomic E-state index is 13.1. The topological polar surface area (TPSA) is 76.2 Å². The van der Waals surface area contributed by atoms with Crippen LogP contribution in [-0.2, 0) is 0 Å². The van der Waals surface area contributed by atoms with Gasteiger partial charge in [0.1, 0.15) is 15.8 Å². The maximum absolute atomic E-state index is 13.1. The van der Waals surface area contributed by atoms with Crippen LogP contribution < -0.4 is 5.73 Å². The minimum Gasteiger partial charge on any atom is -0.476 e. The molecule has 3 N–H and O–H groups in total. The molecule has 17 heavy (non-hydrogen) atoms. The summed E-state index contributed by atoms with van der Waals surface area (Å²) in [6.45, 7) is 1.63. The predicted octanol–water partition coefficient (Wildman–Crippen LogP) is 2.54. The van der Waals surface area contributed by atoms with E-state index < -0.39 is 5.97 Å². The number of hydrogen-bond acceptors (Lipinski definition) is 4. The highest BCUT2D eigenvalue weighted by Crippen LogP contribution is 2.30. The fraction of sp³-hybridized carbons (Fsp3) is 0.0909. The molecule has 0 fully saturated rings. The standard InChI is InChI=1S/C11H9FN2O2S/c1-5-4-6(2-3-7(5)12)10-14-8(11(15)16)9(13)17-10/h2-4H,13H2,1H3,(H,15,16). The van der Waals surface area contributed by atoms with Crippen molar-refractivity contribution in [3.8, 4) is 10.6 Å². The number of benzene rings is 1. The van der Waals surface area contributed by atoms with E-state index in [9.17, 15) is 9.18 Å². The second-order valence-corrected chi connectivity index (χ2v) is 4.53. The average molecular weight is 252 g/mol. The molecule has 6 heteroatoms. The molecule has 0 aliphatic heterocycles. The lowest BCUT2D eigenvalue weighted by molar-refractivity contribution is 0.0692. The Kier molecular flexibility index (Phi) is 2.81. The third-order valence-corrected chi connectivity index (χ3v) is 3.19. The van der Waals surface area contributed by atoms with Gasteiger partial charge in [-0.3, -0.25) is 0 Å². The SMILES string of the molecule is Cc1cc(-c2nc(C(=O)O)c(N)s2)ccc1F. The van der Waals surface area contributed by atoms with E-state index in [0.29, 0.717) is 16.1 Å². The van der Waals surface area contributed by atoms with Gasteiger partial charge in [-0.2, -0.15) is 0 Å². The van der Waals surface area contributed by atoms with E-state index in [1.54, 1.807) is 19.1 Å². The van der Waals surface area contributed by atoms with Gasteiger partial charge < -0.3 is 10.8 Å². The number of thiazole rings is 1. The lowest BCUT2D eigenvalue weighted by atomic mass is 10.1. The molecule has 0 spiro atoms. The molecule has 0 saturated carbocycles. The molecule has 0 amide bonds. The van der Waals surface area contributed by atoms with E-state index >= 15 is 0 Å². The number of nitrogens with zero attached hydrogens (tertiary/aromatic N) is 1. The molecule has 88 valence electrons. The average Bonchev–Trinajstić information content (AvgIpc) is 2.64. The summed E-state index contributed by atoms with van der Waals surface area (Å²) in [6, 6.07) is 4.48. The third kappa shape index (κ3) is 2.12. The van der Waals surface area contributed by atoms with Crippen LogP contribution >= 0.6 is 11.3 Å². The van der Waals surface area contributed by atoms with E-state index in [2.05, 4.69) is 4.98 Å². The van der Waals surface area contributed by atoms with Gasteiger partial charge in [-0.05, 0) is 30.7 Å². The lowest BCUT2D eigenvalue weighted by Gasteiger charge is -1.99. The number of halogens is 1. The molecule has 4 nitrogen and oxygen atoms in total. The summed E-state index contributed by atoms with van der Waals surface area (Å²) in [5.41, 5.74) is 6.53. The smallest absolute Gasteiger partial charge is 0.357 e. The number of anilines is 1. The summed E-state index contributed by atoms with van der Waals surface area (Å²) in [6.07, 6.45) is 0. The summed E-state index contributed by atoms with van der Waals surface area (Å²) < 4.78 is 13.1.